The van der Waals surface area contributed by atoms with Gasteiger partial charge in [-0.25, -0.2) is 0 Å². The highest BCUT2D eigenvalue weighted by atomic mass is 15.3. The fraction of sp³-hybridized carbons (Fsp3) is 0.353. The number of pyridine rings is 1. The van der Waals surface area contributed by atoms with Crippen molar-refractivity contribution in [2.24, 2.45) is 0 Å². The molecule has 1 fully saturated rings. The summed E-state index contributed by atoms with van der Waals surface area (Å²) in [4.78, 5) is 9.01. The summed E-state index contributed by atoms with van der Waals surface area (Å²) < 4.78 is 0. The van der Waals surface area contributed by atoms with Gasteiger partial charge < -0.3 is 15.5 Å². The lowest BCUT2D eigenvalue weighted by Crippen LogP contribution is -2.46. The van der Waals surface area contributed by atoms with E-state index in [2.05, 4.69) is 46.8 Å². The lowest BCUT2D eigenvalue weighted by molar-refractivity contribution is 0.651. The van der Waals surface area contributed by atoms with E-state index in [1.54, 1.807) is 6.20 Å². The smallest absolute Gasteiger partial charge is 0.0574 e. The van der Waals surface area contributed by atoms with Crippen molar-refractivity contribution in [2.45, 2.75) is 13.8 Å². The first-order valence-electron chi connectivity index (χ1n) is 7.42. The summed E-state index contributed by atoms with van der Waals surface area (Å²) >= 11 is 0. The first kappa shape index (κ1) is 13.7. The molecule has 2 heterocycles. The number of benzene rings is 1. The standard InChI is InChI=1S/C17H22N4/c1-13-4-3-5-17(14(13)2)21-8-6-20(7-9-21)16-10-15(18)11-19-12-16/h3-5,10-12H,6-9,18H2,1-2H3. The molecule has 1 aromatic carbocycles. The zero-order valence-electron chi connectivity index (χ0n) is 12.7. The van der Waals surface area contributed by atoms with E-state index in [1.165, 1.54) is 16.8 Å². The number of rotatable bonds is 2. The zero-order valence-corrected chi connectivity index (χ0v) is 12.7. The van der Waals surface area contributed by atoms with E-state index in [1.807, 2.05) is 12.3 Å². The minimum Gasteiger partial charge on any atom is -0.397 e. The molecular weight excluding hydrogens is 260 g/mol. The Morgan fingerprint density at radius 3 is 2.43 bits per heavy atom. The minimum absolute atomic E-state index is 0.726. The number of nitrogen functional groups attached to an aromatic ring is 1. The van der Waals surface area contributed by atoms with Crippen molar-refractivity contribution in [3.63, 3.8) is 0 Å². The summed E-state index contributed by atoms with van der Waals surface area (Å²) in [5.74, 6) is 0. The van der Waals surface area contributed by atoms with Crippen LogP contribution >= 0.6 is 0 Å². The van der Waals surface area contributed by atoms with Crippen LogP contribution in [0.4, 0.5) is 17.1 Å². The predicted molar refractivity (Wildman–Crippen MR) is 89.0 cm³/mol. The van der Waals surface area contributed by atoms with Crippen molar-refractivity contribution in [1.82, 2.24) is 4.98 Å². The van der Waals surface area contributed by atoms with Gasteiger partial charge in [-0.3, -0.25) is 4.98 Å². The number of nitrogens with zero attached hydrogens (tertiary/aromatic N) is 3. The molecule has 0 spiro atoms. The molecule has 1 saturated heterocycles. The molecule has 0 unspecified atom stereocenters. The van der Waals surface area contributed by atoms with Crippen molar-refractivity contribution in [3.8, 4) is 0 Å². The number of piperazine rings is 1. The van der Waals surface area contributed by atoms with Crippen LogP contribution in [0.2, 0.25) is 0 Å². The normalized spacial score (nSPS) is 15.3. The average molecular weight is 282 g/mol. The number of anilines is 3. The number of aromatic nitrogens is 1. The van der Waals surface area contributed by atoms with Crippen LogP contribution in [0.15, 0.2) is 36.7 Å². The van der Waals surface area contributed by atoms with Gasteiger partial charge in [-0.15, -0.1) is 0 Å². The number of aryl methyl sites for hydroxylation is 1. The fourth-order valence-electron chi connectivity index (χ4n) is 2.90. The summed E-state index contributed by atoms with van der Waals surface area (Å²) in [6.07, 6.45) is 3.58. The quantitative estimate of drug-likeness (QED) is 0.919. The molecule has 4 nitrogen and oxygen atoms in total. The van der Waals surface area contributed by atoms with Crippen molar-refractivity contribution >= 4 is 17.1 Å². The second-order valence-electron chi connectivity index (χ2n) is 5.67. The minimum atomic E-state index is 0.726. The molecule has 0 bridgehead atoms. The van der Waals surface area contributed by atoms with Crippen molar-refractivity contribution in [2.75, 3.05) is 41.7 Å². The van der Waals surface area contributed by atoms with Crippen LogP contribution in [-0.4, -0.2) is 31.2 Å². The highest BCUT2D eigenvalue weighted by Gasteiger charge is 2.19. The molecule has 2 N–H and O–H groups in total. The predicted octanol–water partition coefficient (Wildman–Crippen LogP) is 2.61. The van der Waals surface area contributed by atoms with E-state index in [4.69, 9.17) is 5.73 Å². The van der Waals surface area contributed by atoms with E-state index in [0.717, 1.165) is 37.6 Å². The van der Waals surface area contributed by atoms with Crippen molar-refractivity contribution < 1.29 is 0 Å². The lowest BCUT2D eigenvalue weighted by Gasteiger charge is -2.38. The number of nitrogens with two attached hydrogens (primary N) is 1. The van der Waals surface area contributed by atoms with Crippen LogP contribution in [0.3, 0.4) is 0 Å². The van der Waals surface area contributed by atoms with E-state index in [-0.39, 0.29) is 0 Å². The van der Waals surface area contributed by atoms with Gasteiger partial charge in [0.05, 0.1) is 17.6 Å². The Bertz CT molecular complexity index is 630. The molecule has 1 aliphatic heterocycles. The van der Waals surface area contributed by atoms with Gasteiger partial charge in [0.2, 0.25) is 0 Å². The molecule has 1 aliphatic rings. The average Bonchev–Trinajstić information content (AvgIpc) is 2.50. The Morgan fingerprint density at radius 1 is 1.00 bits per heavy atom. The van der Waals surface area contributed by atoms with Gasteiger partial charge in [0.25, 0.3) is 0 Å². The molecule has 2 aromatic rings. The molecular formula is C17H22N4. The Balaban J connectivity index is 1.72. The second-order valence-corrected chi connectivity index (χ2v) is 5.67. The maximum Gasteiger partial charge on any atom is 0.0574 e. The van der Waals surface area contributed by atoms with Crippen molar-refractivity contribution in [1.29, 1.82) is 0 Å². The van der Waals surface area contributed by atoms with Gasteiger partial charge in [-0.1, -0.05) is 12.1 Å². The lowest BCUT2D eigenvalue weighted by atomic mass is 10.1. The van der Waals surface area contributed by atoms with E-state index < -0.39 is 0 Å². The third kappa shape index (κ3) is 2.79. The zero-order chi connectivity index (χ0) is 14.8. The molecule has 4 heteroatoms. The topological polar surface area (TPSA) is 45.4 Å². The maximum absolute atomic E-state index is 5.82. The molecule has 0 atom stereocenters. The number of hydrogen-bond acceptors (Lipinski definition) is 4. The SMILES string of the molecule is Cc1cccc(N2CCN(c3cncc(N)c3)CC2)c1C. The largest absolute Gasteiger partial charge is 0.397 e. The monoisotopic (exact) mass is 282 g/mol. The summed E-state index contributed by atoms with van der Waals surface area (Å²) in [6.45, 7) is 8.43. The van der Waals surface area contributed by atoms with Gasteiger partial charge in [-0.05, 0) is 37.1 Å². The molecule has 3 rings (SSSR count). The summed E-state index contributed by atoms with van der Waals surface area (Å²) in [5.41, 5.74) is 11.8. The fourth-order valence-corrected chi connectivity index (χ4v) is 2.90. The molecule has 110 valence electrons. The molecule has 0 saturated carbocycles. The second kappa shape index (κ2) is 5.64. The van der Waals surface area contributed by atoms with E-state index in [9.17, 15) is 0 Å². The first-order valence-corrected chi connectivity index (χ1v) is 7.42. The molecule has 21 heavy (non-hydrogen) atoms. The van der Waals surface area contributed by atoms with Crippen LogP contribution in [0.5, 0.6) is 0 Å². The molecule has 1 aromatic heterocycles. The molecule has 0 amide bonds. The Morgan fingerprint density at radius 2 is 1.71 bits per heavy atom. The summed E-state index contributed by atoms with van der Waals surface area (Å²) in [6, 6.07) is 8.54. The van der Waals surface area contributed by atoms with Gasteiger partial charge >= 0.3 is 0 Å². The highest BCUT2D eigenvalue weighted by molar-refractivity contribution is 5.58. The Hall–Kier alpha value is -2.23. The van der Waals surface area contributed by atoms with Crippen LogP contribution in [0.1, 0.15) is 11.1 Å². The summed E-state index contributed by atoms with van der Waals surface area (Å²) in [5, 5.41) is 0. The number of hydrogen-bond donors (Lipinski definition) is 1. The maximum atomic E-state index is 5.82. The Labute approximate surface area is 126 Å². The third-order valence-electron chi connectivity index (χ3n) is 4.31. The first-order chi connectivity index (χ1) is 10.1. The van der Waals surface area contributed by atoms with Crippen LogP contribution in [0.25, 0.3) is 0 Å². The van der Waals surface area contributed by atoms with Gasteiger partial charge in [0, 0.05) is 38.1 Å². The summed E-state index contributed by atoms with van der Waals surface area (Å²) in [7, 11) is 0. The van der Waals surface area contributed by atoms with Crippen LogP contribution < -0.4 is 15.5 Å². The third-order valence-corrected chi connectivity index (χ3v) is 4.31. The Kier molecular flexibility index (Phi) is 3.69. The van der Waals surface area contributed by atoms with Crippen LogP contribution in [-0.2, 0) is 0 Å². The van der Waals surface area contributed by atoms with E-state index in [0.29, 0.717) is 0 Å². The van der Waals surface area contributed by atoms with Gasteiger partial charge in [0.1, 0.15) is 0 Å². The van der Waals surface area contributed by atoms with Crippen LogP contribution in [0, 0.1) is 13.8 Å². The molecule has 0 aliphatic carbocycles. The highest BCUT2D eigenvalue weighted by Crippen LogP contribution is 2.25. The van der Waals surface area contributed by atoms with E-state index >= 15 is 0 Å². The van der Waals surface area contributed by atoms with Crippen molar-refractivity contribution in [3.05, 3.63) is 47.8 Å². The van der Waals surface area contributed by atoms with Gasteiger partial charge in [0.15, 0.2) is 0 Å². The molecule has 0 radical (unpaired) electrons. The van der Waals surface area contributed by atoms with Gasteiger partial charge in [-0.2, -0.15) is 0 Å².